The fourth-order valence-corrected chi connectivity index (χ4v) is 1.60. The van der Waals surface area contributed by atoms with E-state index in [-0.39, 0.29) is 12.6 Å². The molecule has 1 fully saturated rings. The molecule has 7 heteroatoms. The lowest BCUT2D eigenvalue weighted by Gasteiger charge is -2.32. The maximum absolute atomic E-state index is 8.40. The molecular weight excluding hydrogens is 245 g/mol. The van der Waals surface area contributed by atoms with Gasteiger partial charge in [0, 0.05) is 17.9 Å². The van der Waals surface area contributed by atoms with Gasteiger partial charge >= 0.3 is 13.1 Å². The SMILES string of the molecule is CC1(C)OB(c2cnc(OCC#N)nc2)OC1(C)C. The molecule has 1 aliphatic heterocycles. The number of nitriles is 1. The molecule has 6 nitrogen and oxygen atoms in total. The van der Waals surface area contributed by atoms with E-state index in [0.717, 1.165) is 5.46 Å². The molecule has 2 heterocycles. The van der Waals surface area contributed by atoms with E-state index in [1.165, 1.54) is 0 Å². The number of nitrogens with zero attached hydrogens (tertiary/aromatic N) is 3. The minimum atomic E-state index is -0.491. The fourth-order valence-electron chi connectivity index (χ4n) is 1.60. The minimum absolute atomic E-state index is 0.0736. The Balaban J connectivity index is 2.10. The van der Waals surface area contributed by atoms with Crippen molar-refractivity contribution in [3.05, 3.63) is 12.4 Å². The Morgan fingerprint density at radius 1 is 1.21 bits per heavy atom. The van der Waals surface area contributed by atoms with Crippen LogP contribution in [0.25, 0.3) is 0 Å². The monoisotopic (exact) mass is 261 g/mol. The van der Waals surface area contributed by atoms with E-state index >= 15 is 0 Å². The molecule has 0 aliphatic carbocycles. The van der Waals surface area contributed by atoms with E-state index in [2.05, 4.69) is 9.97 Å². The van der Waals surface area contributed by atoms with Crippen LogP contribution in [0.1, 0.15) is 27.7 Å². The Hall–Kier alpha value is -1.65. The predicted octanol–water partition coefficient (Wildman–Crippen LogP) is 0.678. The molecule has 1 aliphatic rings. The van der Waals surface area contributed by atoms with Crippen LogP contribution in [-0.4, -0.2) is 34.9 Å². The normalized spacial score (nSPS) is 20.1. The quantitative estimate of drug-likeness (QED) is 0.744. The number of rotatable bonds is 3. The molecule has 0 saturated carbocycles. The lowest BCUT2D eigenvalue weighted by atomic mass is 9.81. The van der Waals surface area contributed by atoms with Crippen molar-refractivity contribution < 1.29 is 14.0 Å². The van der Waals surface area contributed by atoms with Gasteiger partial charge in [-0.3, -0.25) is 0 Å². The molecule has 0 amide bonds. The molecular formula is C12H16BN3O3. The van der Waals surface area contributed by atoms with E-state index in [4.69, 9.17) is 19.3 Å². The van der Waals surface area contributed by atoms with Crippen LogP contribution in [0.15, 0.2) is 12.4 Å². The average Bonchev–Trinajstić information content (AvgIpc) is 2.56. The van der Waals surface area contributed by atoms with Gasteiger partial charge in [0.05, 0.1) is 11.2 Å². The highest BCUT2D eigenvalue weighted by Crippen LogP contribution is 2.36. The second-order valence-corrected chi connectivity index (χ2v) is 5.33. The summed E-state index contributed by atoms with van der Waals surface area (Å²) >= 11 is 0. The van der Waals surface area contributed by atoms with E-state index in [1.54, 1.807) is 12.4 Å². The second kappa shape index (κ2) is 4.80. The summed E-state index contributed by atoms with van der Waals surface area (Å²) in [4.78, 5) is 8.02. The van der Waals surface area contributed by atoms with Crippen LogP contribution in [0.3, 0.4) is 0 Å². The first-order valence-electron chi connectivity index (χ1n) is 6.03. The van der Waals surface area contributed by atoms with Gasteiger partial charge in [0.15, 0.2) is 6.61 Å². The molecule has 0 N–H and O–H groups in total. The maximum Gasteiger partial charge on any atom is 0.498 e. The van der Waals surface area contributed by atoms with Crippen molar-refractivity contribution in [3.8, 4) is 12.1 Å². The molecule has 0 atom stereocenters. The topological polar surface area (TPSA) is 77.3 Å². The zero-order chi connectivity index (χ0) is 14.1. The number of ether oxygens (including phenoxy) is 1. The third-order valence-corrected chi connectivity index (χ3v) is 3.44. The van der Waals surface area contributed by atoms with Crippen LogP contribution >= 0.6 is 0 Å². The van der Waals surface area contributed by atoms with Gasteiger partial charge in [0.25, 0.3) is 0 Å². The highest BCUT2D eigenvalue weighted by molar-refractivity contribution is 6.61. The third-order valence-electron chi connectivity index (χ3n) is 3.44. The predicted molar refractivity (Wildman–Crippen MR) is 68.9 cm³/mol. The molecule has 100 valence electrons. The van der Waals surface area contributed by atoms with Crippen LogP contribution in [0.5, 0.6) is 6.01 Å². The second-order valence-electron chi connectivity index (χ2n) is 5.33. The standard InChI is InChI=1S/C12H16BN3O3/c1-11(2)12(3,4)19-13(18-11)9-7-15-10(16-8-9)17-6-5-14/h7-8H,6H2,1-4H3. The Labute approximate surface area is 112 Å². The molecule has 1 aromatic heterocycles. The fraction of sp³-hybridized carbons (Fsp3) is 0.583. The Morgan fingerprint density at radius 2 is 1.74 bits per heavy atom. The van der Waals surface area contributed by atoms with E-state index in [0.29, 0.717) is 0 Å². The summed E-state index contributed by atoms with van der Waals surface area (Å²) in [6.07, 6.45) is 3.17. The van der Waals surface area contributed by atoms with E-state index < -0.39 is 18.3 Å². The molecule has 0 bridgehead atoms. The summed E-state index contributed by atoms with van der Waals surface area (Å²) in [5.74, 6) is 0. The molecule has 0 unspecified atom stereocenters. The summed E-state index contributed by atoms with van der Waals surface area (Å²) in [6.45, 7) is 7.86. The summed E-state index contributed by atoms with van der Waals surface area (Å²) < 4.78 is 16.7. The summed E-state index contributed by atoms with van der Waals surface area (Å²) in [5, 5.41) is 8.40. The van der Waals surface area contributed by atoms with Crippen molar-refractivity contribution in [3.63, 3.8) is 0 Å². The van der Waals surface area contributed by atoms with Gasteiger partial charge < -0.3 is 14.0 Å². The zero-order valence-electron chi connectivity index (χ0n) is 11.5. The minimum Gasteiger partial charge on any atom is -0.448 e. The maximum atomic E-state index is 8.40. The first-order valence-corrected chi connectivity index (χ1v) is 6.03. The highest BCUT2D eigenvalue weighted by atomic mass is 16.7. The van der Waals surface area contributed by atoms with Crippen molar-refractivity contribution in [2.24, 2.45) is 0 Å². The van der Waals surface area contributed by atoms with Gasteiger partial charge in [-0.05, 0) is 27.7 Å². The Morgan fingerprint density at radius 3 is 2.21 bits per heavy atom. The van der Waals surface area contributed by atoms with E-state index in [9.17, 15) is 0 Å². The molecule has 0 radical (unpaired) electrons. The van der Waals surface area contributed by atoms with Gasteiger partial charge in [-0.1, -0.05) is 0 Å². The van der Waals surface area contributed by atoms with Crippen molar-refractivity contribution in [1.29, 1.82) is 5.26 Å². The van der Waals surface area contributed by atoms with Gasteiger partial charge in [0.2, 0.25) is 0 Å². The van der Waals surface area contributed by atoms with Crippen molar-refractivity contribution in [1.82, 2.24) is 9.97 Å². The van der Waals surface area contributed by atoms with Crippen LogP contribution in [0.4, 0.5) is 0 Å². The third kappa shape index (κ3) is 2.70. The van der Waals surface area contributed by atoms with Crippen molar-refractivity contribution >= 4 is 12.6 Å². The van der Waals surface area contributed by atoms with Crippen LogP contribution < -0.4 is 10.2 Å². The van der Waals surface area contributed by atoms with Crippen molar-refractivity contribution in [2.75, 3.05) is 6.61 Å². The summed E-state index contributed by atoms with van der Waals surface area (Å²) in [5.41, 5.74) is -0.0654. The molecule has 1 saturated heterocycles. The largest absolute Gasteiger partial charge is 0.498 e. The highest BCUT2D eigenvalue weighted by Gasteiger charge is 2.51. The van der Waals surface area contributed by atoms with Crippen molar-refractivity contribution in [2.45, 2.75) is 38.9 Å². The number of hydrogen-bond donors (Lipinski definition) is 0. The zero-order valence-corrected chi connectivity index (χ0v) is 11.5. The summed E-state index contributed by atoms with van der Waals surface area (Å²) in [7, 11) is -0.491. The van der Waals surface area contributed by atoms with Gasteiger partial charge in [0.1, 0.15) is 6.07 Å². The molecule has 19 heavy (non-hydrogen) atoms. The Kier molecular flexibility index (Phi) is 3.48. The lowest BCUT2D eigenvalue weighted by Crippen LogP contribution is -2.41. The average molecular weight is 261 g/mol. The first-order chi connectivity index (χ1) is 8.86. The first kappa shape index (κ1) is 13.8. The van der Waals surface area contributed by atoms with Crippen LogP contribution in [0.2, 0.25) is 0 Å². The van der Waals surface area contributed by atoms with E-state index in [1.807, 2.05) is 33.8 Å². The van der Waals surface area contributed by atoms with Gasteiger partial charge in [-0.2, -0.15) is 5.26 Å². The van der Waals surface area contributed by atoms with Crippen LogP contribution in [0, 0.1) is 11.3 Å². The van der Waals surface area contributed by atoms with Crippen LogP contribution in [-0.2, 0) is 9.31 Å². The smallest absolute Gasteiger partial charge is 0.448 e. The molecule has 0 spiro atoms. The number of aromatic nitrogens is 2. The number of hydrogen-bond acceptors (Lipinski definition) is 6. The molecule has 2 rings (SSSR count). The molecule has 1 aromatic rings. The molecule has 0 aromatic carbocycles. The summed E-state index contributed by atoms with van der Waals surface area (Å²) in [6, 6.07) is 2.02. The van der Waals surface area contributed by atoms with Gasteiger partial charge in [-0.15, -0.1) is 0 Å². The lowest BCUT2D eigenvalue weighted by molar-refractivity contribution is 0.00578. The van der Waals surface area contributed by atoms with Gasteiger partial charge in [-0.25, -0.2) is 9.97 Å². The Bertz CT molecular complexity index is 480.